The zero-order chi connectivity index (χ0) is 31.0. The molecule has 2 fully saturated rings. The Hall–Kier alpha value is -4.65. The van der Waals surface area contributed by atoms with Gasteiger partial charge in [-0.3, -0.25) is 24.7 Å². The highest BCUT2D eigenvalue weighted by Crippen LogP contribution is 2.51. The summed E-state index contributed by atoms with van der Waals surface area (Å²) in [4.78, 5) is 43.8. The molecule has 224 valence electrons. The average Bonchev–Trinajstić information content (AvgIpc) is 3.28. The number of benzene rings is 2. The summed E-state index contributed by atoms with van der Waals surface area (Å²) in [5.74, 6) is -2.91. The molecular weight excluding hydrogens is 565 g/mol. The quantitative estimate of drug-likeness (QED) is 0.115. The van der Waals surface area contributed by atoms with Gasteiger partial charge in [-0.15, -0.1) is 0 Å². The standard InChI is InChI=1S/C32H30BN3O8/c37-18-21-15-25-30(32(40)35(31(25)39)22-4-3-5-23(16-22)36(42)43)26-17-33(41)44-28(29(21)26)12-9-20(27-6-1-2-13-34-27)14-19-7-10-24(38)11-8-19/h1-8,10-11,13-14,16,25-26,28,30,37-38,41H,9,12,15,17-18H2/b20-14-/t25-,26+,28-,30-/m1/s1. The Balaban J connectivity index is 1.31. The summed E-state index contributed by atoms with van der Waals surface area (Å²) >= 11 is 0. The summed E-state index contributed by atoms with van der Waals surface area (Å²) in [5.41, 5.74) is 3.72. The first kappa shape index (κ1) is 29.4. The number of non-ortho nitro benzene ring substituents is 1. The first-order chi connectivity index (χ1) is 21.2. The number of rotatable bonds is 8. The SMILES string of the molecule is O=C1[C@@H]2[C@@H](CC(CO)=C3[C@@H](CC/C(=C/c4ccc(O)cc4)c4ccccn4)OB(O)C[C@@H]32)C(=O)N1c1cccc([N+](=O)[O-])c1. The van der Waals surface area contributed by atoms with Crippen molar-refractivity contribution in [3.63, 3.8) is 0 Å². The van der Waals surface area contributed by atoms with E-state index in [9.17, 15) is 34.9 Å². The second kappa shape index (κ2) is 12.2. The van der Waals surface area contributed by atoms with Crippen LogP contribution in [-0.2, 0) is 14.2 Å². The fourth-order valence-electron chi connectivity index (χ4n) is 6.80. The summed E-state index contributed by atoms with van der Waals surface area (Å²) in [6.07, 6.45) is 4.14. The van der Waals surface area contributed by atoms with Gasteiger partial charge in [0.1, 0.15) is 5.75 Å². The number of allylic oxidation sites excluding steroid dienone is 1. The van der Waals surface area contributed by atoms with Crippen LogP contribution in [0.4, 0.5) is 11.4 Å². The van der Waals surface area contributed by atoms with E-state index in [1.807, 2.05) is 24.3 Å². The molecule has 3 heterocycles. The molecule has 0 saturated carbocycles. The van der Waals surface area contributed by atoms with E-state index >= 15 is 0 Å². The third-order valence-electron chi connectivity index (χ3n) is 8.70. The fraction of sp³-hybridized carbons (Fsp3) is 0.281. The maximum Gasteiger partial charge on any atom is 0.455 e. The van der Waals surface area contributed by atoms with Crippen LogP contribution in [0.25, 0.3) is 11.6 Å². The summed E-state index contributed by atoms with van der Waals surface area (Å²) < 4.78 is 6.03. The molecule has 2 amide bonds. The summed E-state index contributed by atoms with van der Waals surface area (Å²) in [5, 5.41) is 42.3. The lowest BCUT2D eigenvalue weighted by Gasteiger charge is -2.42. The molecular formula is C32H30BN3O8. The maximum atomic E-state index is 13.9. The van der Waals surface area contributed by atoms with Gasteiger partial charge in [0.25, 0.3) is 5.69 Å². The van der Waals surface area contributed by atoms with E-state index in [2.05, 4.69) is 4.98 Å². The minimum atomic E-state index is -1.19. The van der Waals surface area contributed by atoms with Crippen molar-refractivity contribution in [3.05, 3.63) is 105 Å². The Bertz CT molecular complexity index is 1660. The monoisotopic (exact) mass is 595 g/mol. The number of hydrogen-bond donors (Lipinski definition) is 3. The fourth-order valence-corrected chi connectivity index (χ4v) is 6.80. The molecule has 0 bridgehead atoms. The van der Waals surface area contributed by atoms with E-state index in [0.29, 0.717) is 18.4 Å². The molecule has 1 aromatic heterocycles. The van der Waals surface area contributed by atoms with Crippen molar-refractivity contribution in [2.45, 2.75) is 31.7 Å². The number of nitro benzene ring substituents is 1. The zero-order valence-electron chi connectivity index (χ0n) is 23.7. The number of amides is 2. The summed E-state index contributed by atoms with van der Waals surface area (Å²) in [7, 11) is -1.19. The molecule has 2 saturated heterocycles. The van der Waals surface area contributed by atoms with Crippen LogP contribution in [0, 0.1) is 27.9 Å². The number of nitro groups is 1. The van der Waals surface area contributed by atoms with Gasteiger partial charge in [0.2, 0.25) is 11.8 Å². The van der Waals surface area contributed by atoms with Crippen molar-refractivity contribution in [3.8, 4) is 5.75 Å². The van der Waals surface area contributed by atoms with Crippen molar-refractivity contribution < 1.29 is 34.4 Å². The Morgan fingerprint density at radius 3 is 2.59 bits per heavy atom. The first-order valence-electron chi connectivity index (χ1n) is 14.4. The summed E-state index contributed by atoms with van der Waals surface area (Å²) in [6.45, 7) is -0.334. The number of phenolic OH excluding ortho intramolecular Hbond substituents is 1. The van der Waals surface area contributed by atoms with Crippen LogP contribution < -0.4 is 4.90 Å². The number of fused-ring (bicyclic) bond motifs is 3. The molecule has 3 aliphatic rings. The number of imide groups is 1. The number of pyridine rings is 1. The normalized spacial score (nSPS) is 23.5. The molecule has 0 spiro atoms. The molecule has 11 nitrogen and oxygen atoms in total. The first-order valence-corrected chi connectivity index (χ1v) is 14.4. The number of aliphatic hydroxyl groups excluding tert-OH is 1. The number of aromatic hydroxyl groups is 1. The predicted molar refractivity (Wildman–Crippen MR) is 162 cm³/mol. The molecule has 2 aromatic carbocycles. The highest BCUT2D eigenvalue weighted by Gasteiger charge is 2.57. The van der Waals surface area contributed by atoms with Crippen LogP contribution in [0.5, 0.6) is 5.75 Å². The van der Waals surface area contributed by atoms with E-state index in [4.69, 9.17) is 4.65 Å². The highest BCUT2D eigenvalue weighted by atomic mass is 16.6. The molecule has 1 aliphatic carbocycles. The van der Waals surface area contributed by atoms with Gasteiger partial charge in [-0.1, -0.05) is 24.3 Å². The van der Waals surface area contributed by atoms with Crippen molar-refractivity contribution in [1.82, 2.24) is 4.98 Å². The zero-order valence-corrected chi connectivity index (χ0v) is 23.7. The second-order valence-corrected chi connectivity index (χ2v) is 11.3. The lowest BCUT2D eigenvalue weighted by atomic mass is 9.58. The van der Waals surface area contributed by atoms with Gasteiger partial charge in [-0.2, -0.15) is 0 Å². The van der Waals surface area contributed by atoms with E-state index in [1.165, 1.54) is 24.3 Å². The number of phenols is 1. The Morgan fingerprint density at radius 2 is 1.89 bits per heavy atom. The van der Waals surface area contributed by atoms with Crippen molar-refractivity contribution in [2.75, 3.05) is 11.5 Å². The van der Waals surface area contributed by atoms with Gasteiger partial charge < -0.3 is 19.9 Å². The van der Waals surface area contributed by atoms with E-state index in [0.717, 1.165) is 27.3 Å². The van der Waals surface area contributed by atoms with Crippen LogP contribution in [0.2, 0.25) is 6.32 Å². The molecule has 4 atom stereocenters. The van der Waals surface area contributed by atoms with Crippen molar-refractivity contribution in [2.24, 2.45) is 17.8 Å². The number of anilines is 1. The Morgan fingerprint density at radius 1 is 1.09 bits per heavy atom. The van der Waals surface area contributed by atoms with Crippen LogP contribution in [0.15, 0.2) is 84.1 Å². The molecule has 3 N–H and O–H groups in total. The van der Waals surface area contributed by atoms with Crippen LogP contribution >= 0.6 is 0 Å². The second-order valence-electron chi connectivity index (χ2n) is 11.3. The topological polar surface area (TPSA) is 163 Å². The molecule has 0 unspecified atom stereocenters. The van der Waals surface area contributed by atoms with Gasteiger partial charge in [-0.25, -0.2) is 4.90 Å². The molecule has 2 aliphatic heterocycles. The Labute approximate surface area is 253 Å². The number of nitrogens with zero attached hydrogens (tertiary/aromatic N) is 3. The van der Waals surface area contributed by atoms with E-state index in [-0.39, 0.29) is 36.5 Å². The van der Waals surface area contributed by atoms with Gasteiger partial charge in [0.15, 0.2) is 0 Å². The molecule has 12 heteroatoms. The maximum absolute atomic E-state index is 13.9. The molecule has 6 rings (SSSR count). The number of carbonyl (C=O) groups is 2. The number of aromatic nitrogens is 1. The van der Waals surface area contributed by atoms with Crippen LogP contribution in [0.1, 0.15) is 30.5 Å². The third kappa shape index (κ3) is 5.55. The molecule has 0 radical (unpaired) electrons. The predicted octanol–water partition coefficient (Wildman–Crippen LogP) is 4.01. The van der Waals surface area contributed by atoms with Gasteiger partial charge in [-0.05, 0) is 90.2 Å². The highest BCUT2D eigenvalue weighted by molar-refractivity contribution is 6.43. The minimum absolute atomic E-state index is 0.0781. The smallest absolute Gasteiger partial charge is 0.455 e. The van der Waals surface area contributed by atoms with Gasteiger partial charge >= 0.3 is 7.12 Å². The van der Waals surface area contributed by atoms with Gasteiger partial charge in [0.05, 0.1) is 40.9 Å². The van der Waals surface area contributed by atoms with E-state index in [1.54, 1.807) is 30.5 Å². The van der Waals surface area contributed by atoms with Crippen LogP contribution in [-0.4, -0.2) is 56.8 Å². The minimum Gasteiger partial charge on any atom is -0.508 e. The van der Waals surface area contributed by atoms with Gasteiger partial charge in [0, 0.05) is 18.3 Å². The molecule has 44 heavy (non-hydrogen) atoms. The van der Waals surface area contributed by atoms with Crippen LogP contribution in [0.3, 0.4) is 0 Å². The number of carbonyl (C=O) groups excluding carboxylic acids is 2. The number of aliphatic hydroxyl groups is 1. The van der Waals surface area contributed by atoms with E-state index < -0.39 is 47.7 Å². The lowest BCUT2D eigenvalue weighted by Crippen LogP contribution is -2.46. The largest absolute Gasteiger partial charge is 0.508 e. The average molecular weight is 595 g/mol. The number of hydrogen-bond acceptors (Lipinski definition) is 9. The summed E-state index contributed by atoms with van der Waals surface area (Å²) in [6, 6.07) is 17.8. The molecule has 3 aromatic rings. The van der Waals surface area contributed by atoms with Crippen molar-refractivity contribution in [1.29, 1.82) is 0 Å². The Kier molecular flexibility index (Phi) is 8.13. The van der Waals surface area contributed by atoms with Crippen molar-refractivity contribution >= 4 is 42.0 Å². The third-order valence-corrected chi connectivity index (χ3v) is 8.70. The lowest BCUT2D eigenvalue weighted by molar-refractivity contribution is -0.384.